The first-order valence-corrected chi connectivity index (χ1v) is 5.89. The highest BCUT2D eigenvalue weighted by Gasteiger charge is 2.23. The molecule has 0 bridgehead atoms. The molecule has 19 heavy (non-hydrogen) atoms. The number of hydrogen-bond donors (Lipinski definition) is 1. The molecule has 2 rings (SSSR count). The standard InChI is InChI=1S/C13H14N2O4/c1-3-19-13(18)12(17)8-4-5-9-10(6-8)15(2)7-11(16)14-9/h4-6H,3,7H2,1-2H3,(H,14,16). The minimum Gasteiger partial charge on any atom is -0.460 e. The molecule has 0 fully saturated rings. The number of esters is 1. The first-order chi connectivity index (χ1) is 9.02. The second kappa shape index (κ2) is 5.09. The number of nitrogens with zero attached hydrogens (tertiary/aromatic N) is 1. The molecule has 6 nitrogen and oxygen atoms in total. The van der Waals surface area contributed by atoms with Gasteiger partial charge in [0, 0.05) is 12.6 Å². The largest absolute Gasteiger partial charge is 0.460 e. The highest BCUT2D eigenvalue weighted by molar-refractivity contribution is 6.40. The van der Waals surface area contributed by atoms with Crippen molar-refractivity contribution in [3.63, 3.8) is 0 Å². The van der Waals surface area contributed by atoms with E-state index in [4.69, 9.17) is 0 Å². The molecular formula is C13H14N2O4. The first kappa shape index (κ1) is 13.1. The smallest absolute Gasteiger partial charge is 0.379 e. The molecule has 6 heteroatoms. The zero-order valence-corrected chi connectivity index (χ0v) is 10.7. The fourth-order valence-electron chi connectivity index (χ4n) is 1.90. The molecule has 0 spiro atoms. The number of carbonyl (C=O) groups excluding carboxylic acids is 3. The number of ketones is 1. The van der Waals surface area contributed by atoms with E-state index in [-0.39, 0.29) is 24.6 Å². The molecule has 0 saturated heterocycles. The van der Waals surface area contributed by atoms with Gasteiger partial charge in [0.2, 0.25) is 5.91 Å². The number of amides is 1. The van der Waals surface area contributed by atoms with Gasteiger partial charge in [-0.25, -0.2) is 4.79 Å². The topological polar surface area (TPSA) is 75.7 Å². The van der Waals surface area contributed by atoms with Gasteiger partial charge in [-0.2, -0.15) is 0 Å². The Balaban J connectivity index is 2.31. The fourth-order valence-corrected chi connectivity index (χ4v) is 1.90. The van der Waals surface area contributed by atoms with Crippen molar-refractivity contribution < 1.29 is 19.1 Å². The van der Waals surface area contributed by atoms with Gasteiger partial charge >= 0.3 is 5.97 Å². The van der Waals surface area contributed by atoms with Crippen molar-refractivity contribution in [1.29, 1.82) is 0 Å². The molecule has 1 aromatic rings. The van der Waals surface area contributed by atoms with Crippen LogP contribution in [0.3, 0.4) is 0 Å². The van der Waals surface area contributed by atoms with Crippen LogP contribution >= 0.6 is 0 Å². The lowest BCUT2D eigenvalue weighted by Crippen LogP contribution is -2.35. The number of benzene rings is 1. The van der Waals surface area contributed by atoms with Crippen LogP contribution in [0.2, 0.25) is 0 Å². The molecule has 1 N–H and O–H groups in total. The number of Topliss-reactive ketones (excluding diaryl/α,β-unsaturated/α-hetero) is 1. The predicted molar refractivity (Wildman–Crippen MR) is 69.3 cm³/mol. The minimum atomic E-state index is -0.870. The SMILES string of the molecule is CCOC(=O)C(=O)c1ccc2c(c1)N(C)CC(=O)N2. The molecular weight excluding hydrogens is 248 g/mol. The van der Waals surface area contributed by atoms with E-state index in [0.717, 1.165) is 0 Å². The van der Waals surface area contributed by atoms with Gasteiger partial charge in [0.25, 0.3) is 5.78 Å². The number of rotatable bonds is 3. The summed E-state index contributed by atoms with van der Waals surface area (Å²) in [6.07, 6.45) is 0. The van der Waals surface area contributed by atoms with Crippen molar-refractivity contribution >= 4 is 29.0 Å². The molecule has 0 radical (unpaired) electrons. The van der Waals surface area contributed by atoms with Crippen molar-refractivity contribution in [3.05, 3.63) is 23.8 Å². The maximum Gasteiger partial charge on any atom is 0.379 e. The van der Waals surface area contributed by atoms with Crippen LogP contribution in [0.5, 0.6) is 0 Å². The number of carbonyl (C=O) groups is 3. The van der Waals surface area contributed by atoms with E-state index in [2.05, 4.69) is 10.1 Å². The van der Waals surface area contributed by atoms with Crippen LogP contribution in [0.1, 0.15) is 17.3 Å². The molecule has 1 aliphatic rings. The molecule has 0 saturated carbocycles. The molecule has 1 aliphatic heterocycles. The Bertz CT molecular complexity index is 554. The van der Waals surface area contributed by atoms with Crippen molar-refractivity contribution in [2.45, 2.75) is 6.92 Å². The summed E-state index contributed by atoms with van der Waals surface area (Å²) >= 11 is 0. The van der Waals surface area contributed by atoms with Gasteiger partial charge < -0.3 is 15.0 Å². The Morgan fingerprint density at radius 1 is 1.42 bits per heavy atom. The first-order valence-electron chi connectivity index (χ1n) is 5.89. The highest BCUT2D eigenvalue weighted by Crippen LogP contribution is 2.29. The average molecular weight is 262 g/mol. The zero-order valence-electron chi connectivity index (χ0n) is 10.7. The summed E-state index contributed by atoms with van der Waals surface area (Å²) < 4.78 is 4.67. The van der Waals surface area contributed by atoms with Crippen LogP contribution in [0, 0.1) is 0 Å². The van der Waals surface area contributed by atoms with Crippen LogP contribution < -0.4 is 10.2 Å². The number of hydrogen-bond acceptors (Lipinski definition) is 5. The monoisotopic (exact) mass is 262 g/mol. The molecule has 0 aromatic heterocycles. The summed E-state index contributed by atoms with van der Waals surface area (Å²) in [4.78, 5) is 36.3. The summed E-state index contributed by atoms with van der Waals surface area (Å²) in [6, 6.07) is 4.68. The van der Waals surface area contributed by atoms with E-state index in [1.54, 1.807) is 31.0 Å². The summed E-state index contributed by atoms with van der Waals surface area (Å²) in [5, 5.41) is 2.70. The van der Waals surface area contributed by atoms with E-state index in [1.165, 1.54) is 6.07 Å². The van der Waals surface area contributed by atoms with Gasteiger partial charge in [0.05, 0.1) is 24.5 Å². The molecule has 1 amide bonds. The Morgan fingerprint density at radius 3 is 2.84 bits per heavy atom. The van der Waals surface area contributed by atoms with Crippen LogP contribution in [-0.4, -0.2) is 37.9 Å². The Labute approximate surface area is 110 Å². The Kier molecular flexibility index (Phi) is 3.50. The van der Waals surface area contributed by atoms with E-state index < -0.39 is 11.8 Å². The van der Waals surface area contributed by atoms with Crippen LogP contribution in [0.15, 0.2) is 18.2 Å². The third-order valence-electron chi connectivity index (χ3n) is 2.79. The molecule has 100 valence electrons. The maximum atomic E-state index is 11.8. The van der Waals surface area contributed by atoms with Crippen molar-refractivity contribution in [1.82, 2.24) is 0 Å². The van der Waals surface area contributed by atoms with E-state index in [0.29, 0.717) is 11.4 Å². The lowest BCUT2D eigenvalue weighted by molar-refractivity contribution is -0.137. The normalized spacial score (nSPS) is 13.6. The van der Waals surface area contributed by atoms with E-state index in [9.17, 15) is 14.4 Å². The molecule has 0 aliphatic carbocycles. The van der Waals surface area contributed by atoms with Crippen molar-refractivity contribution in [2.75, 3.05) is 30.4 Å². The van der Waals surface area contributed by atoms with Crippen molar-refractivity contribution in [2.24, 2.45) is 0 Å². The number of fused-ring (bicyclic) bond motifs is 1. The third-order valence-corrected chi connectivity index (χ3v) is 2.79. The summed E-state index contributed by atoms with van der Waals surface area (Å²) in [7, 11) is 1.75. The maximum absolute atomic E-state index is 11.8. The molecule has 1 heterocycles. The Hall–Kier alpha value is -2.37. The molecule has 0 atom stereocenters. The zero-order chi connectivity index (χ0) is 14.0. The van der Waals surface area contributed by atoms with Gasteiger partial charge in [-0.1, -0.05) is 0 Å². The van der Waals surface area contributed by atoms with Gasteiger partial charge in [0.15, 0.2) is 0 Å². The minimum absolute atomic E-state index is 0.112. The second-order valence-corrected chi connectivity index (χ2v) is 4.19. The van der Waals surface area contributed by atoms with Gasteiger partial charge in [-0.05, 0) is 25.1 Å². The van der Waals surface area contributed by atoms with Crippen LogP contribution in [0.25, 0.3) is 0 Å². The van der Waals surface area contributed by atoms with E-state index >= 15 is 0 Å². The van der Waals surface area contributed by atoms with Crippen LogP contribution in [-0.2, 0) is 14.3 Å². The molecule has 0 unspecified atom stereocenters. The third kappa shape index (κ3) is 2.57. The number of ether oxygens (including phenoxy) is 1. The van der Waals surface area contributed by atoms with Crippen molar-refractivity contribution in [3.8, 4) is 0 Å². The lowest BCUT2D eigenvalue weighted by atomic mass is 10.1. The summed E-state index contributed by atoms with van der Waals surface area (Å²) in [5.74, 6) is -1.67. The fraction of sp³-hybridized carbons (Fsp3) is 0.308. The van der Waals surface area contributed by atoms with E-state index in [1.807, 2.05) is 0 Å². The van der Waals surface area contributed by atoms with Gasteiger partial charge in [0.1, 0.15) is 0 Å². The summed E-state index contributed by atoms with van der Waals surface area (Å²) in [5.41, 5.74) is 1.58. The Morgan fingerprint density at radius 2 is 2.16 bits per heavy atom. The van der Waals surface area contributed by atoms with Gasteiger partial charge in [-0.15, -0.1) is 0 Å². The number of nitrogens with one attached hydrogen (secondary N) is 1. The lowest BCUT2D eigenvalue weighted by Gasteiger charge is -2.27. The predicted octanol–water partition coefficient (Wildman–Crippen LogP) is 0.821. The number of anilines is 2. The average Bonchev–Trinajstić information content (AvgIpc) is 2.37. The molecule has 1 aromatic carbocycles. The second-order valence-electron chi connectivity index (χ2n) is 4.19. The quantitative estimate of drug-likeness (QED) is 0.496. The van der Waals surface area contributed by atoms with Gasteiger partial charge in [-0.3, -0.25) is 9.59 Å². The number of likely N-dealkylation sites (N-methyl/N-ethyl adjacent to an activating group) is 1. The highest BCUT2D eigenvalue weighted by atomic mass is 16.5. The summed E-state index contributed by atoms with van der Waals surface area (Å²) in [6.45, 7) is 2.01. The van der Waals surface area contributed by atoms with Crippen LogP contribution in [0.4, 0.5) is 11.4 Å².